The highest BCUT2D eigenvalue weighted by molar-refractivity contribution is 6.30. The van der Waals surface area contributed by atoms with Gasteiger partial charge in [0, 0.05) is 11.6 Å². The molecule has 1 saturated heterocycles. The Morgan fingerprint density at radius 1 is 1.33 bits per heavy atom. The Kier molecular flexibility index (Phi) is 3.21. The van der Waals surface area contributed by atoms with Gasteiger partial charge >= 0.3 is 0 Å². The van der Waals surface area contributed by atoms with Crippen molar-refractivity contribution in [2.24, 2.45) is 0 Å². The number of rotatable bonds is 3. The van der Waals surface area contributed by atoms with E-state index in [9.17, 15) is 0 Å². The zero-order chi connectivity index (χ0) is 12.4. The minimum Gasteiger partial charge on any atom is -0.486 e. The molecule has 4 nitrogen and oxygen atoms in total. The van der Waals surface area contributed by atoms with Gasteiger partial charge in [0.15, 0.2) is 5.75 Å². The monoisotopic (exact) mass is 263 g/mol. The number of nitrogens with zero attached hydrogens (tertiary/aromatic N) is 2. The van der Waals surface area contributed by atoms with Crippen molar-refractivity contribution in [1.29, 1.82) is 0 Å². The zero-order valence-corrected chi connectivity index (χ0v) is 10.6. The maximum Gasteiger partial charge on any atom is 0.158 e. The summed E-state index contributed by atoms with van der Waals surface area (Å²) in [5.74, 6) is 0.804. The molecular formula is C13H14ClN3O. The van der Waals surface area contributed by atoms with Crippen LogP contribution >= 0.6 is 11.6 Å². The van der Waals surface area contributed by atoms with Crippen LogP contribution in [-0.2, 0) is 0 Å². The van der Waals surface area contributed by atoms with Crippen LogP contribution in [0.15, 0.2) is 36.7 Å². The quantitative estimate of drug-likeness (QED) is 0.923. The second kappa shape index (κ2) is 5.00. The van der Waals surface area contributed by atoms with Crippen LogP contribution in [-0.4, -0.2) is 29.0 Å². The third kappa shape index (κ3) is 2.49. The van der Waals surface area contributed by atoms with Crippen LogP contribution in [0.4, 0.5) is 0 Å². The van der Waals surface area contributed by atoms with Crippen molar-refractivity contribution in [3.05, 3.63) is 41.7 Å². The number of hydrogen-bond acceptors (Lipinski definition) is 3. The van der Waals surface area contributed by atoms with Crippen LogP contribution in [0.5, 0.6) is 5.75 Å². The van der Waals surface area contributed by atoms with Gasteiger partial charge in [0.05, 0.1) is 18.1 Å². The minimum atomic E-state index is 0.257. The van der Waals surface area contributed by atoms with Gasteiger partial charge in [-0.2, -0.15) is 5.10 Å². The molecule has 1 aliphatic heterocycles. The van der Waals surface area contributed by atoms with Gasteiger partial charge in [0.25, 0.3) is 0 Å². The highest BCUT2D eigenvalue weighted by atomic mass is 35.5. The van der Waals surface area contributed by atoms with Crippen LogP contribution in [0.25, 0.3) is 5.69 Å². The summed E-state index contributed by atoms with van der Waals surface area (Å²) in [7, 11) is 0. The molecule has 1 aromatic carbocycles. The molecule has 94 valence electrons. The fourth-order valence-electron chi connectivity index (χ4n) is 2.02. The second-order valence-electron chi connectivity index (χ2n) is 4.33. The third-order valence-corrected chi connectivity index (χ3v) is 3.22. The second-order valence-corrected chi connectivity index (χ2v) is 4.77. The lowest BCUT2D eigenvalue weighted by Gasteiger charge is -2.09. The van der Waals surface area contributed by atoms with Crippen molar-refractivity contribution in [2.75, 3.05) is 13.1 Å². The summed E-state index contributed by atoms with van der Waals surface area (Å²) >= 11 is 5.86. The molecule has 2 heterocycles. The first-order valence-electron chi connectivity index (χ1n) is 5.99. The van der Waals surface area contributed by atoms with Gasteiger partial charge in [0.2, 0.25) is 0 Å². The fraction of sp³-hybridized carbons (Fsp3) is 0.308. The lowest BCUT2D eigenvalue weighted by Crippen LogP contribution is -2.19. The van der Waals surface area contributed by atoms with Gasteiger partial charge in [-0.3, -0.25) is 0 Å². The summed E-state index contributed by atoms with van der Waals surface area (Å²) in [5.41, 5.74) is 0.971. The average molecular weight is 264 g/mol. The largest absolute Gasteiger partial charge is 0.486 e. The number of hydrogen-bond donors (Lipinski definition) is 1. The molecule has 1 N–H and O–H groups in total. The average Bonchev–Trinajstić information content (AvgIpc) is 3.02. The van der Waals surface area contributed by atoms with E-state index in [2.05, 4.69) is 10.4 Å². The molecule has 0 radical (unpaired) electrons. The van der Waals surface area contributed by atoms with Crippen molar-refractivity contribution in [1.82, 2.24) is 15.1 Å². The van der Waals surface area contributed by atoms with Crippen molar-refractivity contribution in [3.8, 4) is 11.4 Å². The summed E-state index contributed by atoms with van der Waals surface area (Å²) in [5, 5.41) is 8.28. The Morgan fingerprint density at radius 3 is 2.89 bits per heavy atom. The molecule has 1 fully saturated rings. The number of nitrogens with one attached hydrogen (secondary N) is 1. The first-order valence-corrected chi connectivity index (χ1v) is 6.37. The Balaban J connectivity index is 1.74. The summed E-state index contributed by atoms with van der Waals surface area (Å²) in [6.45, 7) is 1.93. The van der Waals surface area contributed by atoms with Crippen LogP contribution in [0, 0.1) is 0 Å². The number of benzene rings is 1. The van der Waals surface area contributed by atoms with Gasteiger partial charge in [-0.15, -0.1) is 0 Å². The predicted molar refractivity (Wildman–Crippen MR) is 70.5 cm³/mol. The van der Waals surface area contributed by atoms with E-state index in [1.165, 1.54) is 0 Å². The molecule has 0 bridgehead atoms. The molecule has 5 heteroatoms. The molecule has 1 atom stereocenters. The van der Waals surface area contributed by atoms with Crippen LogP contribution in [0.3, 0.4) is 0 Å². The van der Waals surface area contributed by atoms with E-state index in [1.54, 1.807) is 10.9 Å². The first kappa shape index (κ1) is 11.6. The lowest BCUT2D eigenvalue weighted by molar-refractivity contribution is 0.223. The summed E-state index contributed by atoms with van der Waals surface area (Å²) < 4.78 is 7.62. The van der Waals surface area contributed by atoms with Crippen LogP contribution < -0.4 is 10.1 Å². The molecule has 2 aromatic rings. The maximum atomic E-state index is 5.86. The van der Waals surface area contributed by atoms with Crippen LogP contribution in [0.1, 0.15) is 6.42 Å². The highest BCUT2D eigenvalue weighted by Gasteiger charge is 2.16. The van der Waals surface area contributed by atoms with Gasteiger partial charge in [0.1, 0.15) is 6.10 Å². The summed E-state index contributed by atoms with van der Waals surface area (Å²) in [6.07, 6.45) is 4.94. The van der Waals surface area contributed by atoms with Gasteiger partial charge < -0.3 is 10.1 Å². The molecule has 1 aliphatic rings. The Bertz CT molecular complexity index is 517. The SMILES string of the molecule is Clc1ccc(-n2cc(OC3CCNC3)cn2)cc1. The molecule has 3 rings (SSSR count). The standard InChI is InChI=1S/C13H14ClN3O/c14-10-1-3-11(4-2-10)17-9-13(8-16-17)18-12-5-6-15-7-12/h1-4,8-9,12,15H,5-7H2. The molecule has 0 amide bonds. The van der Waals surface area contributed by atoms with Crippen molar-refractivity contribution in [2.45, 2.75) is 12.5 Å². The highest BCUT2D eigenvalue weighted by Crippen LogP contribution is 2.18. The number of ether oxygens (including phenoxy) is 1. The first-order chi connectivity index (χ1) is 8.81. The molecule has 0 aliphatic carbocycles. The number of aromatic nitrogens is 2. The van der Waals surface area contributed by atoms with Crippen molar-refractivity contribution < 1.29 is 4.74 Å². The third-order valence-electron chi connectivity index (χ3n) is 2.97. The van der Waals surface area contributed by atoms with Gasteiger partial charge in [-0.25, -0.2) is 4.68 Å². The Labute approximate surface area is 111 Å². The summed E-state index contributed by atoms with van der Waals surface area (Å²) in [6, 6.07) is 7.55. The molecule has 1 aromatic heterocycles. The predicted octanol–water partition coefficient (Wildman–Crippen LogP) is 2.27. The topological polar surface area (TPSA) is 39.1 Å². The van der Waals surface area contributed by atoms with E-state index >= 15 is 0 Å². The fourth-order valence-corrected chi connectivity index (χ4v) is 2.15. The van der Waals surface area contributed by atoms with Crippen molar-refractivity contribution in [3.63, 3.8) is 0 Å². The van der Waals surface area contributed by atoms with Gasteiger partial charge in [-0.05, 0) is 37.2 Å². The molecule has 0 spiro atoms. The normalized spacial score (nSPS) is 19.1. The molecule has 1 unspecified atom stereocenters. The zero-order valence-electron chi connectivity index (χ0n) is 9.84. The summed E-state index contributed by atoms with van der Waals surface area (Å²) in [4.78, 5) is 0. The van der Waals surface area contributed by atoms with Crippen LogP contribution in [0.2, 0.25) is 5.02 Å². The molecule has 0 saturated carbocycles. The van der Waals surface area contributed by atoms with E-state index in [4.69, 9.17) is 16.3 Å². The maximum absolute atomic E-state index is 5.86. The van der Waals surface area contributed by atoms with E-state index in [-0.39, 0.29) is 6.10 Å². The smallest absolute Gasteiger partial charge is 0.158 e. The Morgan fingerprint density at radius 2 is 2.17 bits per heavy atom. The lowest BCUT2D eigenvalue weighted by atomic mass is 10.3. The van der Waals surface area contributed by atoms with Gasteiger partial charge in [-0.1, -0.05) is 11.6 Å². The molecule has 18 heavy (non-hydrogen) atoms. The molecular weight excluding hydrogens is 250 g/mol. The van der Waals surface area contributed by atoms with E-state index in [0.717, 1.165) is 36.0 Å². The number of halogens is 1. The van der Waals surface area contributed by atoms with Crippen molar-refractivity contribution >= 4 is 11.6 Å². The minimum absolute atomic E-state index is 0.257. The Hall–Kier alpha value is -1.52. The van der Waals surface area contributed by atoms with E-state index < -0.39 is 0 Å². The van der Waals surface area contributed by atoms with E-state index in [1.807, 2.05) is 30.5 Å². The van der Waals surface area contributed by atoms with E-state index in [0.29, 0.717) is 0 Å².